The van der Waals surface area contributed by atoms with E-state index in [1.54, 1.807) is 0 Å². The van der Waals surface area contributed by atoms with Gasteiger partial charge in [0.2, 0.25) is 0 Å². The summed E-state index contributed by atoms with van der Waals surface area (Å²) in [6, 6.07) is 11.7. The highest BCUT2D eigenvalue weighted by molar-refractivity contribution is 7.22. The third-order valence-electron chi connectivity index (χ3n) is 4.99. The number of nitrogens with zero attached hydrogens (tertiary/aromatic N) is 3. The molecule has 1 fully saturated rings. The van der Waals surface area contributed by atoms with Crippen molar-refractivity contribution in [2.24, 2.45) is 0 Å². The molecule has 0 saturated carbocycles. The van der Waals surface area contributed by atoms with E-state index in [0.717, 1.165) is 41.0 Å². The number of nitrogens with two attached hydrogens (primary N) is 1. The normalized spacial score (nSPS) is 14.7. The lowest BCUT2D eigenvalue weighted by Crippen LogP contribution is -2.49. The second-order valence-corrected chi connectivity index (χ2v) is 8.09. The first kappa shape index (κ1) is 18.1. The van der Waals surface area contributed by atoms with E-state index >= 15 is 0 Å². The summed E-state index contributed by atoms with van der Waals surface area (Å²) < 4.78 is 1.03. The third kappa shape index (κ3) is 3.47. The largest absolute Gasteiger partial charge is 0.375 e. The Bertz CT molecular complexity index is 978. The van der Waals surface area contributed by atoms with Crippen LogP contribution in [-0.4, -0.2) is 42.0 Å². The molecular weight excluding hydrogens is 380 g/mol. The van der Waals surface area contributed by atoms with Gasteiger partial charge in [0.25, 0.3) is 5.91 Å². The standard InChI is InChI=1S/C20H21ClN4OS/c1-2-13-3-5-14(6-4-13)19(26)25-11-9-24(10-12-25)18-15(21)7-8-16-17(18)23-20(22)27-16/h3-8H,2,9-12H2,1H3,(H2,22,23). The average molecular weight is 401 g/mol. The highest BCUT2D eigenvalue weighted by atomic mass is 35.5. The number of nitrogen functional groups attached to an aromatic ring is 1. The summed E-state index contributed by atoms with van der Waals surface area (Å²) in [5, 5.41) is 1.21. The van der Waals surface area contributed by atoms with E-state index in [0.29, 0.717) is 23.2 Å². The van der Waals surface area contributed by atoms with Gasteiger partial charge in [0.15, 0.2) is 5.13 Å². The maximum atomic E-state index is 12.8. The predicted octanol–water partition coefficient (Wildman–Crippen LogP) is 4.06. The van der Waals surface area contributed by atoms with E-state index in [1.807, 2.05) is 41.3 Å². The molecular formula is C20H21ClN4OS. The summed E-state index contributed by atoms with van der Waals surface area (Å²) in [5.41, 5.74) is 9.63. The number of carbonyl (C=O) groups is 1. The minimum Gasteiger partial charge on any atom is -0.375 e. The molecule has 1 aromatic heterocycles. The predicted molar refractivity (Wildman–Crippen MR) is 113 cm³/mol. The maximum Gasteiger partial charge on any atom is 0.253 e. The van der Waals surface area contributed by atoms with Crippen molar-refractivity contribution in [3.05, 3.63) is 52.5 Å². The molecule has 1 saturated heterocycles. The molecule has 0 bridgehead atoms. The Morgan fingerprint density at radius 2 is 1.85 bits per heavy atom. The number of benzene rings is 2. The quantitative estimate of drug-likeness (QED) is 0.720. The molecule has 0 atom stereocenters. The van der Waals surface area contributed by atoms with Gasteiger partial charge >= 0.3 is 0 Å². The molecule has 1 aliphatic rings. The summed E-state index contributed by atoms with van der Waals surface area (Å²) in [6.07, 6.45) is 0.973. The van der Waals surface area contributed by atoms with Crippen LogP contribution in [0.3, 0.4) is 0 Å². The highest BCUT2D eigenvalue weighted by Gasteiger charge is 2.25. The van der Waals surface area contributed by atoms with Gasteiger partial charge in [-0.05, 0) is 36.2 Å². The zero-order valence-electron chi connectivity index (χ0n) is 15.1. The Labute approximate surface area is 167 Å². The number of fused-ring (bicyclic) bond motifs is 1. The molecule has 1 amide bonds. The molecule has 7 heteroatoms. The smallest absolute Gasteiger partial charge is 0.253 e. The van der Waals surface area contributed by atoms with Crippen molar-refractivity contribution < 1.29 is 4.79 Å². The number of halogens is 1. The number of aryl methyl sites for hydroxylation is 1. The van der Waals surface area contributed by atoms with Crippen LogP contribution in [-0.2, 0) is 6.42 Å². The molecule has 2 heterocycles. The zero-order valence-corrected chi connectivity index (χ0v) is 16.7. The summed E-state index contributed by atoms with van der Waals surface area (Å²) in [5.74, 6) is 0.0829. The molecule has 140 valence electrons. The van der Waals surface area contributed by atoms with Gasteiger partial charge in [-0.25, -0.2) is 4.98 Å². The third-order valence-corrected chi connectivity index (χ3v) is 6.15. The van der Waals surface area contributed by atoms with Crippen molar-refractivity contribution in [2.75, 3.05) is 36.8 Å². The average Bonchev–Trinajstić information content (AvgIpc) is 3.08. The fourth-order valence-electron chi connectivity index (χ4n) is 3.47. The first-order valence-corrected chi connectivity index (χ1v) is 10.2. The molecule has 0 aliphatic carbocycles. The molecule has 4 rings (SSSR count). The van der Waals surface area contributed by atoms with Gasteiger partial charge in [0.05, 0.1) is 15.4 Å². The lowest BCUT2D eigenvalue weighted by Gasteiger charge is -2.36. The number of thiazole rings is 1. The van der Waals surface area contributed by atoms with E-state index in [-0.39, 0.29) is 5.91 Å². The first-order valence-electron chi connectivity index (χ1n) is 9.04. The fourth-order valence-corrected chi connectivity index (χ4v) is 4.48. The number of hydrogen-bond donors (Lipinski definition) is 1. The van der Waals surface area contributed by atoms with Gasteiger partial charge in [-0.3, -0.25) is 4.79 Å². The summed E-state index contributed by atoms with van der Waals surface area (Å²) >= 11 is 7.93. The van der Waals surface area contributed by atoms with Crippen LogP contribution in [0.2, 0.25) is 5.02 Å². The molecule has 5 nitrogen and oxygen atoms in total. The minimum absolute atomic E-state index is 0.0829. The van der Waals surface area contributed by atoms with Gasteiger partial charge in [-0.2, -0.15) is 0 Å². The number of rotatable bonds is 3. The number of piperazine rings is 1. The molecule has 2 N–H and O–H groups in total. The monoisotopic (exact) mass is 400 g/mol. The van der Waals surface area contributed by atoms with Crippen LogP contribution in [0.25, 0.3) is 10.2 Å². The molecule has 1 aliphatic heterocycles. The van der Waals surface area contributed by atoms with Crippen LogP contribution in [0.4, 0.5) is 10.8 Å². The number of hydrogen-bond acceptors (Lipinski definition) is 5. The lowest BCUT2D eigenvalue weighted by molar-refractivity contribution is 0.0747. The zero-order chi connectivity index (χ0) is 19.0. The van der Waals surface area contributed by atoms with E-state index < -0.39 is 0 Å². The Kier molecular flexibility index (Phi) is 4.93. The van der Waals surface area contributed by atoms with E-state index in [2.05, 4.69) is 16.8 Å². The molecule has 0 radical (unpaired) electrons. The van der Waals surface area contributed by atoms with Crippen molar-refractivity contribution in [1.82, 2.24) is 9.88 Å². The van der Waals surface area contributed by atoms with E-state index in [9.17, 15) is 4.79 Å². The first-order chi connectivity index (χ1) is 13.1. The van der Waals surface area contributed by atoms with Gasteiger partial charge < -0.3 is 15.5 Å². The van der Waals surface area contributed by atoms with Gasteiger partial charge in [0, 0.05) is 31.7 Å². The molecule has 3 aromatic rings. The molecule has 2 aromatic carbocycles. The van der Waals surface area contributed by atoms with Gasteiger partial charge in [-0.15, -0.1) is 0 Å². The Hall–Kier alpha value is -2.31. The van der Waals surface area contributed by atoms with Gasteiger partial charge in [-0.1, -0.05) is 42.0 Å². The summed E-state index contributed by atoms with van der Waals surface area (Å²) in [4.78, 5) is 21.3. The van der Waals surface area contributed by atoms with Crippen molar-refractivity contribution in [2.45, 2.75) is 13.3 Å². The Morgan fingerprint density at radius 3 is 2.52 bits per heavy atom. The number of anilines is 2. The number of amides is 1. The number of carbonyl (C=O) groups excluding carboxylic acids is 1. The van der Waals surface area contributed by atoms with Crippen molar-refractivity contribution in [1.29, 1.82) is 0 Å². The van der Waals surface area contributed by atoms with Crippen LogP contribution >= 0.6 is 22.9 Å². The SMILES string of the molecule is CCc1ccc(C(=O)N2CCN(c3c(Cl)ccc4sc(N)nc34)CC2)cc1. The van der Waals surface area contributed by atoms with Crippen molar-refractivity contribution >= 4 is 49.9 Å². The second kappa shape index (κ2) is 7.37. The Balaban J connectivity index is 1.50. The minimum atomic E-state index is 0.0829. The Morgan fingerprint density at radius 1 is 1.15 bits per heavy atom. The highest BCUT2D eigenvalue weighted by Crippen LogP contribution is 2.37. The van der Waals surface area contributed by atoms with E-state index in [1.165, 1.54) is 16.9 Å². The second-order valence-electron chi connectivity index (χ2n) is 6.62. The lowest BCUT2D eigenvalue weighted by atomic mass is 10.1. The van der Waals surface area contributed by atoms with Crippen molar-refractivity contribution in [3.8, 4) is 0 Å². The van der Waals surface area contributed by atoms with Crippen LogP contribution in [0.15, 0.2) is 36.4 Å². The maximum absolute atomic E-state index is 12.8. The molecule has 0 unspecified atom stereocenters. The van der Waals surface area contributed by atoms with Crippen LogP contribution in [0, 0.1) is 0 Å². The van der Waals surface area contributed by atoms with Gasteiger partial charge in [0.1, 0.15) is 5.52 Å². The van der Waals surface area contributed by atoms with Crippen LogP contribution in [0.5, 0.6) is 0 Å². The van der Waals surface area contributed by atoms with Crippen LogP contribution < -0.4 is 10.6 Å². The van der Waals surface area contributed by atoms with E-state index in [4.69, 9.17) is 17.3 Å². The number of aromatic nitrogens is 1. The van der Waals surface area contributed by atoms with Crippen molar-refractivity contribution in [3.63, 3.8) is 0 Å². The van der Waals surface area contributed by atoms with Crippen LogP contribution in [0.1, 0.15) is 22.8 Å². The molecule has 0 spiro atoms. The summed E-state index contributed by atoms with van der Waals surface area (Å²) in [7, 11) is 0. The molecule has 27 heavy (non-hydrogen) atoms. The topological polar surface area (TPSA) is 62.5 Å². The summed E-state index contributed by atoms with van der Waals surface area (Å²) in [6.45, 7) is 4.85. The fraction of sp³-hybridized carbons (Fsp3) is 0.300.